The van der Waals surface area contributed by atoms with Crippen LogP contribution in [0, 0.1) is 5.92 Å². The number of aromatic hydroxyl groups is 1. The predicted octanol–water partition coefficient (Wildman–Crippen LogP) is -2.71. The van der Waals surface area contributed by atoms with Crippen molar-refractivity contribution in [3.63, 3.8) is 0 Å². The minimum absolute atomic E-state index is 0.0402. The molecule has 0 aliphatic carbocycles. The molecule has 116 heavy (non-hydrogen) atoms. The van der Waals surface area contributed by atoms with Crippen LogP contribution in [0.15, 0.2) is 116 Å². The van der Waals surface area contributed by atoms with Crippen LogP contribution < -0.4 is 86.7 Å². The van der Waals surface area contributed by atoms with Gasteiger partial charge in [-0.3, -0.25) is 62.3 Å². The second kappa shape index (κ2) is 47.6. The Balaban J connectivity index is 1.19. The van der Waals surface area contributed by atoms with Crippen molar-refractivity contribution in [3.05, 3.63) is 138 Å². The number of nitrogens with one attached hydrogen (secondary N) is 14. The van der Waals surface area contributed by atoms with E-state index >= 15 is 0 Å². The lowest BCUT2D eigenvalue weighted by Gasteiger charge is -2.27. The monoisotopic (exact) mass is 1650 g/mol. The lowest BCUT2D eigenvalue weighted by molar-refractivity contribution is -0.145. The number of H-pyrrole nitrogens is 2. The third kappa shape index (κ3) is 29.9. The number of amides is 13. The van der Waals surface area contributed by atoms with Crippen LogP contribution in [-0.4, -0.2) is 230 Å². The van der Waals surface area contributed by atoms with E-state index < -0.39 is 199 Å². The van der Waals surface area contributed by atoms with E-state index in [4.69, 9.17) is 22.9 Å². The van der Waals surface area contributed by atoms with Crippen LogP contribution in [0.5, 0.6) is 5.75 Å². The summed E-state index contributed by atoms with van der Waals surface area (Å²) in [6.45, 7) is 3.27. The van der Waals surface area contributed by atoms with Gasteiger partial charge in [-0.2, -0.15) is 25.3 Å². The second-order valence-corrected chi connectivity index (χ2v) is 29.2. The van der Waals surface area contributed by atoms with Crippen LogP contribution in [-0.2, 0) is 92.8 Å². The first-order valence-electron chi connectivity index (χ1n) is 38.1. The highest BCUT2D eigenvalue weighted by atomic mass is 32.1. The molecule has 13 atom stereocenters. The minimum Gasteiger partial charge on any atom is -0.508 e. The van der Waals surface area contributed by atoms with E-state index in [-0.39, 0.29) is 69.6 Å². The predicted molar refractivity (Wildman–Crippen MR) is 436 cm³/mol. The summed E-state index contributed by atoms with van der Waals surface area (Å²) in [5.74, 6) is -14.9. The number of primary amides is 1. The Bertz CT molecular complexity index is 4320. The van der Waals surface area contributed by atoms with Crippen LogP contribution in [0.4, 0.5) is 0 Å². The van der Waals surface area contributed by atoms with Gasteiger partial charge in [-0.25, -0.2) is 4.79 Å². The molecule has 0 fully saturated rings. The van der Waals surface area contributed by atoms with E-state index in [9.17, 15) is 87.5 Å². The molecule has 38 heteroatoms. The molecule has 13 amide bonds. The van der Waals surface area contributed by atoms with Crippen LogP contribution in [0.2, 0.25) is 0 Å². The van der Waals surface area contributed by atoms with Crippen molar-refractivity contribution in [2.45, 2.75) is 183 Å². The number of thiol groups is 2. The van der Waals surface area contributed by atoms with Crippen LogP contribution in [0.1, 0.15) is 101 Å². The van der Waals surface area contributed by atoms with Gasteiger partial charge in [-0.15, -0.1) is 0 Å². The molecule has 0 aliphatic heterocycles. The Labute approximate surface area is 680 Å². The molecular weight excluding hydrogens is 1540 g/mol. The summed E-state index contributed by atoms with van der Waals surface area (Å²) in [7, 11) is 0. The van der Waals surface area contributed by atoms with E-state index in [0.717, 1.165) is 6.92 Å². The van der Waals surface area contributed by atoms with Gasteiger partial charge in [-0.05, 0) is 117 Å². The minimum atomic E-state index is -1.83. The zero-order chi connectivity index (χ0) is 85.1. The molecule has 0 radical (unpaired) electrons. The number of aromatic nitrogens is 2. The normalized spacial score (nSPS) is 14.6. The van der Waals surface area contributed by atoms with Crippen molar-refractivity contribution in [3.8, 4) is 5.75 Å². The molecule has 0 aliphatic rings. The molecule has 2 heterocycles. The van der Waals surface area contributed by atoms with Crippen LogP contribution in [0.25, 0.3) is 21.8 Å². The number of aliphatic hydroxyl groups is 2. The molecule has 6 rings (SSSR count). The number of aliphatic hydroxyl groups excluding tert-OH is 2. The number of carboxylic acids is 1. The summed E-state index contributed by atoms with van der Waals surface area (Å²) in [6, 6.07) is 10.4. The van der Waals surface area contributed by atoms with Crippen molar-refractivity contribution in [1.82, 2.24) is 73.8 Å². The lowest BCUT2D eigenvalue weighted by Crippen LogP contribution is -2.61. The first-order chi connectivity index (χ1) is 55.4. The number of phenolic OH excluding ortho intramolecular Hbond substituents is 1. The molecule has 0 spiro atoms. The number of carbonyl (C=O) groups is 14. The summed E-state index contributed by atoms with van der Waals surface area (Å²) in [4.78, 5) is 201. The smallest absolute Gasteiger partial charge is 0.328 e. The maximum atomic E-state index is 14.9. The van der Waals surface area contributed by atoms with Crippen molar-refractivity contribution in [1.29, 1.82) is 0 Å². The van der Waals surface area contributed by atoms with Gasteiger partial charge in [0.15, 0.2) is 6.04 Å². The molecule has 2 aromatic heterocycles. The van der Waals surface area contributed by atoms with E-state index in [1.54, 1.807) is 117 Å². The van der Waals surface area contributed by atoms with Gasteiger partial charge in [0.2, 0.25) is 76.8 Å². The highest BCUT2D eigenvalue weighted by Crippen LogP contribution is 2.23. The largest absolute Gasteiger partial charge is 0.508 e. The summed E-state index contributed by atoms with van der Waals surface area (Å²) in [5.41, 5.74) is 26.5. The van der Waals surface area contributed by atoms with Gasteiger partial charge in [0.1, 0.15) is 66.2 Å². The summed E-state index contributed by atoms with van der Waals surface area (Å²) >= 11 is 8.58. The molecule has 0 saturated carbocycles. The zero-order valence-corrected chi connectivity index (χ0v) is 66.5. The molecule has 630 valence electrons. The van der Waals surface area contributed by atoms with Crippen molar-refractivity contribution >= 4 is 130 Å². The number of phenols is 1. The van der Waals surface area contributed by atoms with Gasteiger partial charge in [0, 0.05) is 77.8 Å². The Kier molecular flexibility index (Phi) is 38.5. The molecular formula is C78H108N18O18S2. The fraction of sp³-hybridized carbons (Fsp3) is 0.462. The standard InChI is InChI=1S/C78H108N18O18S2/c1-42(2)31-56(71(106)88-55(27-28-64(82)100)69(104)94-62(40-115)76(111)87-54(22-12-14-30-80)70(105)96-66(43(3)98)78(113)114)86-65(101)38-85-68(103)59(34-46-36-83-52-20-9-7-17-49(46)52)91-73(108)58(32-44-15-5-4-6-16-44)90-75(110)61(39-97)93-77(112)63(41-116)95-74(109)60(35-47-37-84-53-21-10-8-18-50(47)53)92-72(107)57(33-45-23-25-48(99)26-24-45)89-67(102)51(81)19-11-13-29-79/h4-10,15-18,20-21,23-26,36-37,42-43,51,54-63,66,83-84,97-99,115-116H,11-14,19,22,27-35,38-41,79-81H2,1-3H3,(H2,82,100)(H,85,103)(H,86,101)(H,87,111)(H,88,106)(H,89,102)(H,90,110)(H,91,108)(H,92,107)(H,93,112)(H,94,104)(H,95,109)(H,96,105)(H,113,114)/t43-,51+,54+,55+,56+,57+,58+,59+,60+,61+,62+,63+,66+/m1/s1. The quantitative estimate of drug-likeness (QED) is 0.0136. The Hall–Kier alpha value is -11.2. The van der Waals surface area contributed by atoms with Crippen molar-refractivity contribution in [2.75, 3.05) is 37.7 Å². The summed E-state index contributed by atoms with van der Waals surface area (Å²) in [6.07, 6.45) is 2.02. The van der Waals surface area contributed by atoms with Gasteiger partial charge >= 0.3 is 5.97 Å². The topological polar surface area (TPSA) is 600 Å². The van der Waals surface area contributed by atoms with Gasteiger partial charge in [0.05, 0.1) is 25.3 Å². The number of nitrogens with two attached hydrogens (primary N) is 4. The highest BCUT2D eigenvalue weighted by molar-refractivity contribution is 7.80. The molecule has 6 aromatic rings. The zero-order valence-electron chi connectivity index (χ0n) is 64.7. The fourth-order valence-corrected chi connectivity index (χ4v) is 13.0. The van der Waals surface area contributed by atoms with Gasteiger partial charge in [0.25, 0.3) is 0 Å². The number of hydrogen-bond acceptors (Lipinski definition) is 22. The number of fused-ring (bicyclic) bond motifs is 2. The van der Waals surface area contributed by atoms with Crippen molar-refractivity contribution in [2.24, 2.45) is 28.9 Å². The van der Waals surface area contributed by atoms with Gasteiger partial charge < -0.3 is 117 Å². The number of rotatable bonds is 50. The van der Waals surface area contributed by atoms with E-state index in [2.05, 4.69) is 99.0 Å². The lowest BCUT2D eigenvalue weighted by atomic mass is 10.0. The molecule has 0 saturated heterocycles. The maximum absolute atomic E-state index is 14.9. The Morgan fingerprint density at radius 3 is 1.31 bits per heavy atom. The highest BCUT2D eigenvalue weighted by Gasteiger charge is 2.38. The van der Waals surface area contributed by atoms with Gasteiger partial charge in [-0.1, -0.05) is 99.1 Å². The van der Waals surface area contributed by atoms with E-state index in [0.29, 0.717) is 69.9 Å². The average Bonchev–Trinajstić information content (AvgIpc) is 1.66. The number of aromatic amines is 2. The number of carboxylic acid groups (broad SMARTS) is 1. The first-order valence-corrected chi connectivity index (χ1v) is 39.3. The molecule has 4 aromatic carbocycles. The van der Waals surface area contributed by atoms with E-state index in [1.165, 1.54) is 12.1 Å². The number of hydrogen-bond donors (Lipinski definition) is 24. The third-order valence-corrected chi connectivity index (χ3v) is 19.6. The molecule has 0 bridgehead atoms. The second-order valence-electron chi connectivity index (χ2n) is 28.5. The van der Waals surface area contributed by atoms with E-state index in [1.807, 2.05) is 0 Å². The Morgan fingerprint density at radius 2 is 0.836 bits per heavy atom. The average molecular weight is 1650 g/mol. The SMILES string of the molecule is CC(C)C[C@H](NC(=O)CNC(=O)[C@H](Cc1c[nH]c2ccccc12)NC(=O)[C@H](Cc1ccccc1)NC(=O)[C@H](CO)NC(=O)[C@H](CS)NC(=O)[C@H](Cc1c[nH]c2ccccc12)NC(=O)[C@H](Cc1ccc(O)cc1)NC(=O)[C@@H](N)CCCCN)C(=O)N[C@@H](CCC(N)=O)C(=O)N[C@@H](CS)C(=O)N[C@@H](CCCCN)C(=O)N[C@H](C(=O)O)[C@@H](C)O. The Morgan fingerprint density at radius 1 is 0.440 bits per heavy atom. The number of unbranched alkanes of at least 4 members (excludes halogenated alkanes) is 2. The van der Waals surface area contributed by atoms with Crippen molar-refractivity contribution < 1.29 is 87.5 Å². The number of carbonyl (C=O) groups excluding carboxylic acids is 13. The van der Waals surface area contributed by atoms with Crippen LogP contribution >= 0.6 is 25.3 Å². The summed E-state index contributed by atoms with van der Waals surface area (Å²) in [5, 5.41) is 72.2. The summed E-state index contributed by atoms with van der Waals surface area (Å²) < 4.78 is 0. The number of benzene rings is 4. The number of para-hydroxylation sites is 2. The first kappa shape index (κ1) is 93.7. The maximum Gasteiger partial charge on any atom is 0.328 e. The number of aliphatic carboxylic acids is 1. The molecule has 26 N–H and O–H groups in total. The molecule has 0 unspecified atom stereocenters. The fourth-order valence-electron chi connectivity index (χ4n) is 12.5. The molecule has 36 nitrogen and oxygen atoms in total. The third-order valence-electron chi connectivity index (χ3n) is 18.9. The van der Waals surface area contributed by atoms with Crippen LogP contribution in [0.3, 0.4) is 0 Å².